The smallest absolute Gasteiger partial charge is 0.407 e. The van der Waals surface area contributed by atoms with Crippen LogP contribution in [0.5, 0.6) is 0 Å². The highest BCUT2D eigenvalue weighted by Gasteiger charge is 2.29. The lowest BCUT2D eigenvalue weighted by Gasteiger charge is -2.23. The Hall–Kier alpha value is -0.940. The van der Waals surface area contributed by atoms with Crippen molar-refractivity contribution in [2.45, 2.75) is 46.4 Å². The molecule has 0 saturated heterocycles. The third kappa shape index (κ3) is 8.83. The predicted octanol–water partition coefficient (Wildman–Crippen LogP) is 3.35. The van der Waals surface area contributed by atoms with Crippen molar-refractivity contribution < 1.29 is 22.7 Å². The van der Waals surface area contributed by atoms with Gasteiger partial charge in [0.1, 0.15) is 12.6 Å². The first-order valence-electron chi connectivity index (χ1n) is 5.63. The van der Waals surface area contributed by atoms with Crippen LogP contribution in [0, 0.1) is 11.8 Å². The minimum Gasteiger partial charge on any atom is -0.446 e. The van der Waals surface area contributed by atoms with Crippen LogP contribution in [0.1, 0.15) is 34.1 Å². The van der Waals surface area contributed by atoms with Crippen LogP contribution in [0.4, 0.5) is 18.0 Å². The molecule has 17 heavy (non-hydrogen) atoms. The third-order valence-electron chi connectivity index (χ3n) is 2.14. The van der Waals surface area contributed by atoms with Crippen LogP contribution in [-0.4, -0.2) is 24.9 Å². The number of rotatable bonds is 5. The van der Waals surface area contributed by atoms with Crippen molar-refractivity contribution in [3.05, 3.63) is 0 Å². The molecule has 0 aliphatic rings. The molecule has 102 valence electrons. The van der Waals surface area contributed by atoms with Crippen LogP contribution in [0.15, 0.2) is 0 Å². The van der Waals surface area contributed by atoms with E-state index >= 15 is 0 Å². The highest BCUT2D eigenvalue weighted by Crippen LogP contribution is 2.17. The molecule has 0 bridgehead atoms. The van der Waals surface area contributed by atoms with Crippen molar-refractivity contribution in [2.24, 2.45) is 11.8 Å². The largest absolute Gasteiger partial charge is 0.446 e. The van der Waals surface area contributed by atoms with Crippen molar-refractivity contribution in [1.29, 1.82) is 0 Å². The van der Waals surface area contributed by atoms with Gasteiger partial charge >= 0.3 is 12.3 Å². The number of ether oxygens (including phenoxy) is 1. The van der Waals surface area contributed by atoms with Crippen LogP contribution in [-0.2, 0) is 4.74 Å². The van der Waals surface area contributed by atoms with Gasteiger partial charge in [0.05, 0.1) is 0 Å². The van der Waals surface area contributed by atoms with Crippen molar-refractivity contribution in [2.75, 3.05) is 6.54 Å². The molecule has 0 aliphatic carbocycles. The first-order chi connectivity index (χ1) is 7.61. The fourth-order valence-electron chi connectivity index (χ4n) is 1.27. The van der Waals surface area contributed by atoms with Gasteiger partial charge in [-0.25, -0.2) is 4.79 Å². The molecule has 0 aromatic carbocycles. The Morgan fingerprint density at radius 2 is 1.76 bits per heavy atom. The molecule has 6 heteroatoms. The van der Waals surface area contributed by atoms with Crippen molar-refractivity contribution >= 4 is 6.09 Å². The summed E-state index contributed by atoms with van der Waals surface area (Å²) >= 11 is 0. The summed E-state index contributed by atoms with van der Waals surface area (Å²) in [4.78, 5) is 11.2. The van der Waals surface area contributed by atoms with Gasteiger partial charge < -0.3 is 10.1 Å². The van der Waals surface area contributed by atoms with E-state index in [1.54, 1.807) is 5.32 Å². The molecule has 0 fully saturated rings. The lowest BCUT2D eigenvalue weighted by atomic mass is 9.97. The normalized spacial score (nSPS) is 13.9. The SMILES string of the molecule is CC(C)CC(OC(=O)NCC(F)(F)F)C(C)C. The second-order valence-electron chi connectivity index (χ2n) is 4.79. The maximum Gasteiger partial charge on any atom is 0.407 e. The lowest BCUT2D eigenvalue weighted by molar-refractivity contribution is -0.124. The van der Waals surface area contributed by atoms with E-state index in [0.717, 1.165) is 0 Å². The van der Waals surface area contributed by atoms with Crippen LogP contribution in [0.3, 0.4) is 0 Å². The molecule has 0 heterocycles. The minimum atomic E-state index is -4.41. The van der Waals surface area contributed by atoms with E-state index in [9.17, 15) is 18.0 Å². The Morgan fingerprint density at radius 1 is 1.24 bits per heavy atom. The first-order valence-corrected chi connectivity index (χ1v) is 5.63. The second kappa shape index (κ2) is 6.71. The van der Waals surface area contributed by atoms with E-state index < -0.39 is 18.8 Å². The van der Waals surface area contributed by atoms with Gasteiger partial charge in [-0.3, -0.25) is 0 Å². The van der Waals surface area contributed by atoms with Crippen LogP contribution < -0.4 is 5.32 Å². The first kappa shape index (κ1) is 16.1. The van der Waals surface area contributed by atoms with E-state index in [1.165, 1.54) is 0 Å². The summed E-state index contributed by atoms with van der Waals surface area (Å²) in [6.07, 6.45) is -5.15. The number of alkyl carbamates (subject to hydrolysis) is 1. The van der Waals surface area contributed by atoms with Crippen LogP contribution >= 0.6 is 0 Å². The summed E-state index contributed by atoms with van der Waals surface area (Å²) < 4.78 is 40.5. The molecule has 0 aromatic heterocycles. The van der Waals surface area contributed by atoms with Gasteiger partial charge in [-0.05, 0) is 18.3 Å². The number of alkyl halides is 3. The predicted molar refractivity (Wildman–Crippen MR) is 58.6 cm³/mol. The highest BCUT2D eigenvalue weighted by atomic mass is 19.4. The maximum atomic E-state index is 11.9. The van der Waals surface area contributed by atoms with Crippen LogP contribution in [0.25, 0.3) is 0 Å². The Kier molecular flexibility index (Phi) is 6.34. The summed E-state index contributed by atoms with van der Waals surface area (Å²) in [7, 11) is 0. The van der Waals surface area contributed by atoms with Crippen LogP contribution in [0.2, 0.25) is 0 Å². The van der Waals surface area contributed by atoms with Crippen molar-refractivity contribution in [3.8, 4) is 0 Å². The maximum absolute atomic E-state index is 11.9. The van der Waals surface area contributed by atoms with Crippen molar-refractivity contribution in [3.63, 3.8) is 0 Å². The molecular formula is C11H20F3NO2. The Labute approximate surface area is 99.7 Å². The Balaban J connectivity index is 4.13. The van der Waals surface area contributed by atoms with E-state index in [1.807, 2.05) is 27.7 Å². The standard InChI is InChI=1S/C11H20F3NO2/c1-7(2)5-9(8(3)4)17-10(16)15-6-11(12,13)14/h7-9H,5-6H2,1-4H3,(H,15,16). The monoisotopic (exact) mass is 255 g/mol. The summed E-state index contributed by atoms with van der Waals surface area (Å²) in [6.45, 7) is 6.30. The highest BCUT2D eigenvalue weighted by molar-refractivity contribution is 5.67. The minimum absolute atomic E-state index is 0.0778. The molecule has 0 rings (SSSR count). The van der Waals surface area contributed by atoms with E-state index in [0.29, 0.717) is 12.3 Å². The quantitative estimate of drug-likeness (QED) is 0.818. The molecule has 1 unspecified atom stereocenters. The number of hydrogen-bond acceptors (Lipinski definition) is 2. The molecule has 0 saturated carbocycles. The van der Waals surface area contributed by atoms with E-state index in [-0.39, 0.29) is 12.0 Å². The number of carbonyl (C=O) groups excluding carboxylic acids is 1. The molecule has 1 N–H and O–H groups in total. The topological polar surface area (TPSA) is 38.3 Å². The Bertz CT molecular complexity index is 239. The molecule has 1 atom stereocenters. The van der Waals surface area contributed by atoms with Crippen molar-refractivity contribution in [1.82, 2.24) is 5.32 Å². The van der Waals surface area contributed by atoms with Gasteiger partial charge in [-0.15, -0.1) is 0 Å². The van der Waals surface area contributed by atoms with E-state index in [2.05, 4.69) is 0 Å². The number of amides is 1. The molecule has 0 radical (unpaired) electrons. The summed E-state index contributed by atoms with van der Waals surface area (Å²) in [5.74, 6) is 0.395. The number of hydrogen-bond donors (Lipinski definition) is 1. The average molecular weight is 255 g/mol. The zero-order valence-electron chi connectivity index (χ0n) is 10.6. The van der Waals surface area contributed by atoms with Gasteiger partial charge in [-0.1, -0.05) is 27.7 Å². The third-order valence-corrected chi connectivity index (χ3v) is 2.14. The van der Waals surface area contributed by atoms with Gasteiger partial charge in [0.15, 0.2) is 0 Å². The van der Waals surface area contributed by atoms with Gasteiger partial charge in [0.2, 0.25) is 0 Å². The fourth-order valence-corrected chi connectivity index (χ4v) is 1.27. The lowest BCUT2D eigenvalue weighted by Crippen LogP contribution is -2.37. The molecule has 1 amide bonds. The van der Waals surface area contributed by atoms with E-state index in [4.69, 9.17) is 4.74 Å². The molecule has 0 aromatic rings. The van der Waals surface area contributed by atoms with Gasteiger partial charge in [-0.2, -0.15) is 13.2 Å². The zero-order valence-corrected chi connectivity index (χ0v) is 10.6. The number of carbonyl (C=O) groups is 1. The summed E-state index contributed by atoms with van der Waals surface area (Å²) in [6, 6.07) is 0. The summed E-state index contributed by atoms with van der Waals surface area (Å²) in [5.41, 5.74) is 0. The molecule has 3 nitrogen and oxygen atoms in total. The fraction of sp³-hybridized carbons (Fsp3) is 0.909. The number of nitrogens with one attached hydrogen (secondary N) is 1. The number of halogens is 3. The molecule has 0 aliphatic heterocycles. The summed E-state index contributed by atoms with van der Waals surface area (Å²) in [5, 5.41) is 1.70. The molecule has 0 spiro atoms. The second-order valence-corrected chi connectivity index (χ2v) is 4.79. The zero-order chi connectivity index (χ0) is 13.6. The average Bonchev–Trinajstić information content (AvgIpc) is 2.11. The van der Waals surface area contributed by atoms with Gasteiger partial charge in [0, 0.05) is 0 Å². The van der Waals surface area contributed by atoms with Gasteiger partial charge in [0.25, 0.3) is 0 Å². The Morgan fingerprint density at radius 3 is 2.12 bits per heavy atom. The molecular weight excluding hydrogens is 235 g/mol.